The summed E-state index contributed by atoms with van der Waals surface area (Å²) in [5, 5.41) is 0.585. The fourth-order valence-electron chi connectivity index (χ4n) is 1.39. The van der Waals surface area contributed by atoms with Gasteiger partial charge in [0.05, 0.1) is 0 Å². The molecule has 1 aliphatic carbocycles. The summed E-state index contributed by atoms with van der Waals surface area (Å²) in [6.45, 7) is 2.26. The molecule has 0 amide bonds. The second-order valence-corrected chi connectivity index (χ2v) is 3.62. The summed E-state index contributed by atoms with van der Waals surface area (Å²) in [6.07, 6.45) is 3.19. The Morgan fingerprint density at radius 1 is 1.55 bits per heavy atom. The lowest BCUT2D eigenvalue weighted by molar-refractivity contribution is 0.909. The molecule has 0 N–H and O–H groups in total. The molecule has 0 aliphatic heterocycles. The van der Waals surface area contributed by atoms with Gasteiger partial charge >= 0.3 is 0 Å². The average molecular weight is 168 g/mol. The minimum atomic E-state index is 0.585. The summed E-state index contributed by atoms with van der Waals surface area (Å²) in [7, 11) is 0. The largest absolute Gasteiger partial charge is 0.244 e. The van der Waals surface area contributed by atoms with E-state index in [1.54, 1.807) is 0 Å². The van der Waals surface area contributed by atoms with E-state index in [1.807, 2.05) is 12.3 Å². The highest BCUT2D eigenvalue weighted by Crippen LogP contribution is 2.46. The minimum Gasteiger partial charge on any atom is -0.244 e. The molecule has 11 heavy (non-hydrogen) atoms. The van der Waals surface area contributed by atoms with Crippen LogP contribution in [-0.4, -0.2) is 4.98 Å². The standard InChI is InChI=1S/C9H10ClN/c1-6-4-8(6)7-2-3-9(10)11-5-7/h2-3,5-6,8H,4H2,1H3/t6?,8-/m1/s1. The molecule has 1 unspecified atom stereocenters. The molecule has 2 heteroatoms. The van der Waals surface area contributed by atoms with Gasteiger partial charge in [-0.05, 0) is 29.9 Å². The first-order chi connectivity index (χ1) is 5.27. The van der Waals surface area contributed by atoms with Crippen LogP contribution in [0, 0.1) is 5.92 Å². The lowest BCUT2D eigenvalue weighted by Crippen LogP contribution is -1.82. The van der Waals surface area contributed by atoms with Gasteiger partial charge in [0, 0.05) is 6.20 Å². The van der Waals surface area contributed by atoms with Crippen molar-refractivity contribution in [2.45, 2.75) is 19.3 Å². The Bertz CT molecular complexity index is 255. The highest BCUT2D eigenvalue weighted by Gasteiger charge is 2.33. The summed E-state index contributed by atoms with van der Waals surface area (Å²) < 4.78 is 0. The second kappa shape index (κ2) is 2.49. The molecule has 2 rings (SSSR count). The SMILES string of the molecule is CC1C[C@H]1c1ccc(Cl)nc1. The van der Waals surface area contributed by atoms with E-state index in [-0.39, 0.29) is 0 Å². The third-order valence-corrected chi connectivity index (χ3v) is 2.51. The van der Waals surface area contributed by atoms with E-state index < -0.39 is 0 Å². The quantitative estimate of drug-likeness (QED) is 0.587. The van der Waals surface area contributed by atoms with E-state index in [1.165, 1.54) is 12.0 Å². The van der Waals surface area contributed by atoms with Gasteiger partial charge in [-0.2, -0.15) is 0 Å². The molecule has 1 heterocycles. The van der Waals surface area contributed by atoms with Crippen molar-refractivity contribution in [3.05, 3.63) is 29.0 Å². The van der Waals surface area contributed by atoms with Crippen molar-refractivity contribution in [3.8, 4) is 0 Å². The molecule has 1 nitrogen and oxygen atoms in total. The number of nitrogens with zero attached hydrogens (tertiary/aromatic N) is 1. The molecule has 1 saturated carbocycles. The molecule has 1 aromatic heterocycles. The summed E-state index contributed by atoms with van der Waals surface area (Å²) in [5.74, 6) is 1.60. The zero-order valence-corrected chi connectivity index (χ0v) is 7.17. The van der Waals surface area contributed by atoms with E-state index in [0.29, 0.717) is 5.15 Å². The molecule has 0 radical (unpaired) electrons. The van der Waals surface area contributed by atoms with Crippen molar-refractivity contribution in [2.24, 2.45) is 5.92 Å². The maximum absolute atomic E-state index is 5.66. The van der Waals surface area contributed by atoms with Crippen molar-refractivity contribution in [1.82, 2.24) is 4.98 Å². The lowest BCUT2D eigenvalue weighted by atomic mass is 10.2. The highest BCUT2D eigenvalue weighted by molar-refractivity contribution is 6.29. The Hall–Kier alpha value is -0.560. The minimum absolute atomic E-state index is 0.585. The summed E-state index contributed by atoms with van der Waals surface area (Å²) in [6, 6.07) is 3.94. The number of pyridine rings is 1. The van der Waals surface area contributed by atoms with Crippen molar-refractivity contribution in [2.75, 3.05) is 0 Å². The van der Waals surface area contributed by atoms with Gasteiger partial charge in [-0.1, -0.05) is 24.6 Å². The summed E-state index contributed by atoms with van der Waals surface area (Å²) >= 11 is 5.66. The monoisotopic (exact) mass is 167 g/mol. The molecule has 58 valence electrons. The molecule has 2 atom stereocenters. The van der Waals surface area contributed by atoms with Crippen LogP contribution in [0.25, 0.3) is 0 Å². The van der Waals surface area contributed by atoms with Crippen molar-refractivity contribution >= 4 is 11.6 Å². The van der Waals surface area contributed by atoms with Crippen LogP contribution in [-0.2, 0) is 0 Å². The number of rotatable bonds is 1. The Morgan fingerprint density at radius 2 is 2.27 bits per heavy atom. The fraction of sp³-hybridized carbons (Fsp3) is 0.444. The maximum Gasteiger partial charge on any atom is 0.129 e. The lowest BCUT2D eigenvalue weighted by Gasteiger charge is -1.95. The van der Waals surface area contributed by atoms with Gasteiger partial charge in [0.25, 0.3) is 0 Å². The molecule has 1 aliphatic rings. The zero-order valence-electron chi connectivity index (χ0n) is 6.42. The van der Waals surface area contributed by atoms with Gasteiger partial charge < -0.3 is 0 Å². The summed E-state index contributed by atoms with van der Waals surface area (Å²) in [5.41, 5.74) is 1.34. The topological polar surface area (TPSA) is 12.9 Å². The van der Waals surface area contributed by atoms with Crippen molar-refractivity contribution < 1.29 is 0 Å². The van der Waals surface area contributed by atoms with Crippen molar-refractivity contribution in [3.63, 3.8) is 0 Å². The van der Waals surface area contributed by atoms with Crippen LogP contribution in [0.3, 0.4) is 0 Å². The van der Waals surface area contributed by atoms with Crippen molar-refractivity contribution in [1.29, 1.82) is 0 Å². The molecule has 1 aromatic rings. The van der Waals surface area contributed by atoms with Gasteiger partial charge in [-0.3, -0.25) is 0 Å². The van der Waals surface area contributed by atoms with E-state index in [2.05, 4.69) is 18.0 Å². The Balaban J connectivity index is 2.21. The molecule has 0 saturated heterocycles. The van der Waals surface area contributed by atoms with E-state index >= 15 is 0 Å². The first kappa shape index (κ1) is 7.11. The smallest absolute Gasteiger partial charge is 0.129 e. The molecule has 1 fully saturated rings. The number of halogens is 1. The Morgan fingerprint density at radius 3 is 2.73 bits per heavy atom. The summed E-state index contributed by atoms with van der Waals surface area (Å²) in [4.78, 5) is 4.04. The normalized spacial score (nSPS) is 28.5. The van der Waals surface area contributed by atoms with Crippen LogP contribution in [0.2, 0.25) is 5.15 Å². The molecular weight excluding hydrogens is 158 g/mol. The van der Waals surface area contributed by atoms with Gasteiger partial charge in [-0.25, -0.2) is 4.98 Å². The van der Waals surface area contributed by atoms with E-state index in [4.69, 9.17) is 11.6 Å². The molecular formula is C9H10ClN. The van der Waals surface area contributed by atoms with Gasteiger partial charge in [0.2, 0.25) is 0 Å². The number of aromatic nitrogens is 1. The van der Waals surface area contributed by atoms with E-state index in [9.17, 15) is 0 Å². The van der Waals surface area contributed by atoms with Crippen LogP contribution < -0.4 is 0 Å². The third kappa shape index (κ3) is 1.38. The van der Waals surface area contributed by atoms with Crippen LogP contribution in [0.1, 0.15) is 24.8 Å². The van der Waals surface area contributed by atoms with Gasteiger partial charge in [-0.15, -0.1) is 0 Å². The molecule has 0 spiro atoms. The zero-order chi connectivity index (χ0) is 7.84. The predicted molar refractivity (Wildman–Crippen MR) is 45.8 cm³/mol. The molecule has 0 aromatic carbocycles. The Labute approximate surface area is 71.4 Å². The first-order valence-corrected chi connectivity index (χ1v) is 4.26. The number of hydrogen-bond acceptors (Lipinski definition) is 1. The third-order valence-electron chi connectivity index (χ3n) is 2.29. The first-order valence-electron chi connectivity index (χ1n) is 3.89. The van der Waals surface area contributed by atoms with Gasteiger partial charge in [0.15, 0.2) is 0 Å². The van der Waals surface area contributed by atoms with Crippen LogP contribution in [0.5, 0.6) is 0 Å². The average Bonchev–Trinajstić information content (AvgIpc) is 2.69. The van der Waals surface area contributed by atoms with Crippen LogP contribution in [0.15, 0.2) is 18.3 Å². The fourth-order valence-corrected chi connectivity index (χ4v) is 1.50. The number of hydrogen-bond donors (Lipinski definition) is 0. The van der Waals surface area contributed by atoms with Crippen LogP contribution >= 0.6 is 11.6 Å². The van der Waals surface area contributed by atoms with Gasteiger partial charge in [0.1, 0.15) is 5.15 Å². The Kier molecular flexibility index (Phi) is 1.61. The van der Waals surface area contributed by atoms with E-state index in [0.717, 1.165) is 11.8 Å². The second-order valence-electron chi connectivity index (χ2n) is 3.23. The predicted octanol–water partition coefficient (Wildman–Crippen LogP) is 2.86. The highest BCUT2D eigenvalue weighted by atomic mass is 35.5. The van der Waals surface area contributed by atoms with Crippen LogP contribution in [0.4, 0.5) is 0 Å². The molecule has 0 bridgehead atoms. The maximum atomic E-state index is 5.66.